The van der Waals surface area contributed by atoms with Gasteiger partial charge in [0.15, 0.2) is 0 Å². The Kier molecular flexibility index (Phi) is 2.60. The van der Waals surface area contributed by atoms with E-state index in [1.54, 1.807) is 24.3 Å². The molecule has 0 unspecified atom stereocenters. The van der Waals surface area contributed by atoms with Crippen molar-refractivity contribution in [1.82, 2.24) is 4.90 Å². The van der Waals surface area contributed by atoms with Crippen LogP contribution in [-0.4, -0.2) is 23.4 Å². The van der Waals surface area contributed by atoms with E-state index in [0.29, 0.717) is 23.7 Å². The standard InChI is InChI=1S/C10H9ClN2O2/c11-7-2-1-3-8(6-7)12-10(15)13-5-4-9(13)14/h1-3,6H,4-5H2,(H,12,15). The topological polar surface area (TPSA) is 49.4 Å². The highest BCUT2D eigenvalue weighted by Gasteiger charge is 2.29. The van der Waals surface area contributed by atoms with Gasteiger partial charge in [0.05, 0.1) is 0 Å². The van der Waals surface area contributed by atoms with E-state index in [-0.39, 0.29) is 5.91 Å². The molecule has 1 N–H and O–H groups in total. The largest absolute Gasteiger partial charge is 0.328 e. The molecule has 5 heteroatoms. The second-order valence-corrected chi connectivity index (χ2v) is 3.67. The summed E-state index contributed by atoms with van der Waals surface area (Å²) in [5.74, 6) is -0.144. The van der Waals surface area contributed by atoms with Gasteiger partial charge in [-0.1, -0.05) is 17.7 Å². The molecule has 0 saturated carbocycles. The number of carbonyl (C=O) groups excluding carboxylic acids is 2. The van der Waals surface area contributed by atoms with Crippen LogP contribution in [0.3, 0.4) is 0 Å². The summed E-state index contributed by atoms with van der Waals surface area (Å²) in [4.78, 5) is 23.6. The molecule has 0 spiro atoms. The number of carbonyl (C=O) groups is 2. The first-order valence-electron chi connectivity index (χ1n) is 4.54. The van der Waals surface area contributed by atoms with E-state index in [1.807, 2.05) is 0 Å². The molecule has 1 aliphatic rings. The van der Waals surface area contributed by atoms with Gasteiger partial charge in [0, 0.05) is 23.7 Å². The molecule has 0 atom stereocenters. The summed E-state index contributed by atoms with van der Waals surface area (Å²) in [6, 6.07) is 6.40. The summed E-state index contributed by atoms with van der Waals surface area (Å²) >= 11 is 5.75. The van der Waals surface area contributed by atoms with Crippen LogP contribution in [0.25, 0.3) is 0 Å². The number of urea groups is 1. The molecule has 3 amide bonds. The van der Waals surface area contributed by atoms with Crippen LogP contribution in [0.4, 0.5) is 10.5 Å². The van der Waals surface area contributed by atoms with Crippen molar-refractivity contribution < 1.29 is 9.59 Å². The van der Waals surface area contributed by atoms with Crippen LogP contribution in [0, 0.1) is 0 Å². The summed E-state index contributed by atoms with van der Waals surface area (Å²) in [5, 5.41) is 3.14. The van der Waals surface area contributed by atoms with Crippen molar-refractivity contribution in [3.05, 3.63) is 29.3 Å². The van der Waals surface area contributed by atoms with Crippen molar-refractivity contribution in [1.29, 1.82) is 0 Å². The molecule has 1 fully saturated rings. The minimum absolute atomic E-state index is 0.144. The summed E-state index contributed by atoms with van der Waals surface area (Å²) in [6.07, 6.45) is 0.447. The third kappa shape index (κ3) is 2.10. The number of halogens is 1. The highest BCUT2D eigenvalue weighted by Crippen LogP contribution is 2.17. The van der Waals surface area contributed by atoms with Crippen LogP contribution in [0.2, 0.25) is 5.02 Å². The molecule has 1 aromatic rings. The third-order valence-electron chi connectivity index (χ3n) is 2.17. The van der Waals surface area contributed by atoms with Gasteiger partial charge in [0.1, 0.15) is 0 Å². The van der Waals surface area contributed by atoms with Crippen LogP contribution in [0.15, 0.2) is 24.3 Å². The molecule has 0 aliphatic carbocycles. The van der Waals surface area contributed by atoms with E-state index in [1.165, 1.54) is 4.90 Å². The number of likely N-dealkylation sites (tertiary alicyclic amines) is 1. The van der Waals surface area contributed by atoms with E-state index < -0.39 is 6.03 Å². The zero-order chi connectivity index (χ0) is 10.8. The quantitative estimate of drug-likeness (QED) is 0.743. The fraction of sp³-hybridized carbons (Fsp3) is 0.200. The van der Waals surface area contributed by atoms with E-state index in [4.69, 9.17) is 11.6 Å². The number of nitrogens with one attached hydrogen (secondary N) is 1. The van der Waals surface area contributed by atoms with Crippen molar-refractivity contribution in [3.63, 3.8) is 0 Å². The van der Waals surface area contributed by atoms with Crippen LogP contribution in [0.1, 0.15) is 6.42 Å². The lowest BCUT2D eigenvalue weighted by molar-refractivity contribution is -0.135. The van der Waals surface area contributed by atoms with E-state index in [2.05, 4.69) is 5.32 Å². The fourth-order valence-corrected chi connectivity index (χ4v) is 1.48. The van der Waals surface area contributed by atoms with Crippen molar-refractivity contribution >= 4 is 29.2 Å². The van der Waals surface area contributed by atoms with Gasteiger partial charge in [0.2, 0.25) is 5.91 Å². The van der Waals surface area contributed by atoms with Crippen molar-refractivity contribution in [3.8, 4) is 0 Å². The molecule has 1 aromatic carbocycles. The number of β-lactam (4-membered cyclic amide) rings is 1. The van der Waals surface area contributed by atoms with E-state index in [0.717, 1.165) is 0 Å². The molecule has 1 heterocycles. The lowest BCUT2D eigenvalue weighted by Crippen LogP contribution is -2.49. The number of hydrogen-bond acceptors (Lipinski definition) is 2. The molecule has 0 aromatic heterocycles. The third-order valence-corrected chi connectivity index (χ3v) is 2.41. The number of rotatable bonds is 1. The maximum absolute atomic E-state index is 11.5. The highest BCUT2D eigenvalue weighted by atomic mass is 35.5. The van der Waals surface area contributed by atoms with Crippen LogP contribution >= 0.6 is 11.6 Å². The lowest BCUT2D eigenvalue weighted by Gasteiger charge is -2.28. The molecule has 0 bridgehead atoms. The Bertz CT molecular complexity index is 420. The normalized spacial score (nSPS) is 14.7. The van der Waals surface area contributed by atoms with Gasteiger partial charge in [-0.05, 0) is 18.2 Å². The Morgan fingerprint density at radius 1 is 1.47 bits per heavy atom. The Morgan fingerprint density at radius 2 is 2.27 bits per heavy atom. The molecule has 2 rings (SSSR count). The average Bonchev–Trinajstić information content (AvgIpc) is 2.15. The minimum atomic E-state index is -0.395. The molecule has 15 heavy (non-hydrogen) atoms. The summed E-state index contributed by atoms with van der Waals surface area (Å²) < 4.78 is 0. The Morgan fingerprint density at radius 3 is 2.80 bits per heavy atom. The molecule has 0 radical (unpaired) electrons. The first-order chi connectivity index (χ1) is 7.16. The second-order valence-electron chi connectivity index (χ2n) is 3.24. The average molecular weight is 225 g/mol. The Hall–Kier alpha value is -1.55. The van der Waals surface area contributed by atoms with Gasteiger partial charge in [-0.25, -0.2) is 4.79 Å². The Labute approximate surface area is 91.8 Å². The van der Waals surface area contributed by atoms with Crippen molar-refractivity contribution in [2.45, 2.75) is 6.42 Å². The van der Waals surface area contributed by atoms with Gasteiger partial charge < -0.3 is 5.32 Å². The molecular formula is C10H9ClN2O2. The Balaban J connectivity index is 2.02. The predicted octanol–water partition coefficient (Wildman–Crippen LogP) is 2.10. The summed E-state index contributed by atoms with van der Waals surface area (Å²) in [6.45, 7) is 0.491. The lowest BCUT2D eigenvalue weighted by atomic mass is 10.2. The molecular weight excluding hydrogens is 216 g/mol. The monoisotopic (exact) mass is 224 g/mol. The summed E-state index contributed by atoms with van der Waals surface area (Å²) in [7, 11) is 0. The number of amides is 3. The van der Waals surface area contributed by atoms with Crippen molar-refractivity contribution in [2.24, 2.45) is 0 Å². The van der Waals surface area contributed by atoms with Gasteiger partial charge in [0.25, 0.3) is 0 Å². The maximum atomic E-state index is 11.5. The predicted molar refractivity (Wildman–Crippen MR) is 56.8 cm³/mol. The number of anilines is 1. The van der Waals surface area contributed by atoms with Gasteiger partial charge in [-0.15, -0.1) is 0 Å². The first-order valence-corrected chi connectivity index (χ1v) is 4.91. The van der Waals surface area contributed by atoms with E-state index >= 15 is 0 Å². The van der Waals surface area contributed by atoms with E-state index in [9.17, 15) is 9.59 Å². The van der Waals surface area contributed by atoms with Crippen molar-refractivity contribution in [2.75, 3.05) is 11.9 Å². The zero-order valence-corrected chi connectivity index (χ0v) is 8.62. The van der Waals surface area contributed by atoms with Gasteiger partial charge in [-0.3, -0.25) is 9.69 Å². The number of imide groups is 1. The summed E-state index contributed by atoms with van der Waals surface area (Å²) in [5.41, 5.74) is 0.590. The smallest absolute Gasteiger partial charge is 0.307 e. The molecule has 1 saturated heterocycles. The second kappa shape index (κ2) is 3.90. The highest BCUT2D eigenvalue weighted by molar-refractivity contribution is 6.30. The minimum Gasteiger partial charge on any atom is -0.307 e. The number of benzene rings is 1. The van der Waals surface area contributed by atoms with Crippen LogP contribution < -0.4 is 5.32 Å². The maximum Gasteiger partial charge on any atom is 0.328 e. The van der Waals surface area contributed by atoms with Crippen LogP contribution in [0.5, 0.6) is 0 Å². The molecule has 1 aliphatic heterocycles. The zero-order valence-electron chi connectivity index (χ0n) is 7.87. The SMILES string of the molecule is O=C1CCN1C(=O)Nc1cccc(Cl)c1. The molecule has 4 nitrogen and oxygen atoms in total. The molecule has 78 valence electrons. The van der Waals surface area contributed by atoms with Gasteiger partial charge >= 0.3 is 6.03 Å². The fourth-order valence-electron chi connectivity index (χ4n) is 1.29. The first kappa shape index (κ1) is 9.98. The number of hydrogen-bond donors (Lipinski definition) is 1. The van der Waals surface area contributed by atoms with Crippen LogP contribution in [-0.2, 0) is 4.79 Å². The van der Waals surface area contributed by atoms with Gasteiger partial charge in [-0.2, -0.15) is 0 Å². The number of nitrogens with zero attached hydrogens (tertiary/aromatic N) is 1.